The molecule has 13 heavy (non-hydrogen) atoms. The number of allylic oxidation sites excluding steroid dienone is 2. The highest BCUT2D eigenvalue weighted by Gasteiger charge is 2.18. The van der Waals surface area contributed by atoms with Gasteiger partial charge in [-0.3, -0.25) is 0 Å². The topological polar surface area (TPSA) is 20.2 Å². The van der Waals surface area contributed by atoms with E-state index in [0.29, 0.717) is 5.92 Å². The van der Waals surface area contributed by atoms with Crippen molar-refractivity contribution in [1.29, 1.82) is 0 Å². The van der Waals surface area contributed by atoms with Gasteiger partial charge in [0, 0.05) is 0 Å². The van der Waals surface area contributed by atoms with E-state index >= 15 is 0 Å². The van der Waals surface area contributed by atoms with Gasteiger partial charge in [0.05, 0.1) is 6.10 Å². The van der Waals surface area contributed by atoms with Gasteiger partial charge in [-0.25, -0.2) is 0 Å². The maximum absolute atomic E-state index is 9.64. The van der Waals surface area contributed by atoms with Crippen LogP contribution >= 0.6 is 0 Å². The van der Waals surface area contributed by atoms with Crippen molar-refractivity contribution in [2.24, 2.45) is 11.8 Å². The summed E-state index contributed by atoms with van der Waals surface area (Å²) >= 11 is 0. The molecule has 0 heterocycles. The molecule has 3 atom stereocenters. The summed E-state index contributed by atoms with van der Waals surface area (Å²) in [6.45, 7) is 4.23. The molecule has 0 aromatic heterocycles. The minimum atomic E-state index is -0.0918. The lowest BCUT2D eigenvalue weighted by molar-refractivity contribution is 0.0967. The van der Waals surface area contributed by atoms with E-state index in [-0.39, 0.29) is 6.10 Å². The summed E-state index contributed by atoms with van der Waals surface area (Å²) in [6, 6.07) is 0. The predicted molar refractivity (Wildman–Crippen MR) is 56.6 cm³/mol. The Morgan fingerprint density at radius 2 is 2.23 bits per heavy atom. The number of aliphatic hydroxyl groups is 1. The van der Waals surface area contributed by atoms with Crippen molar-refractivity contribution in [3.05, 3.63) is 12.2 Å². The zero-order valence-corrected chi connectivity index (χ0v) is 8.87. The molecule has 0 saturated carbocycles. The van der Waals surface area contributed by atoms with E-state index in [0.717, 1.165) is 12.3 Å². The first-order valence-corrected chi connectivity index (χ1v) is 5.57. The molecule has 0 aromatic rings. The van der Waals surface area contributed by atoms with Crippen LogP contribution < -0.4 is 0 Å². The van der Waals surface area contributed by atoms with E-state index in [4.69, 9.17) is 0 Å². The molecule has 1 N–H and O–H groups in total. The highest BCUT2D eigenvalue weighted by atomic mass is 16.3. The van der Waals surface area contributed by atoms with E-state index in [1.165, 1.54) is 25.7 Å². The van der Waals surface area contributed by atoms with E-state index in [1.54, 1.807) is 0 Å². The van der Waals surface area contributed by atoms with E-state index in [2.05, 4.69) is 26.0 Å². The molecule has 1 aliphatic rings. The van der Waals surface area contributed by atoms with Crippen LogP contribution in [-0.2, 0) is 0 Å². The maximum Gasteiger partial charge on any atom is 0.0563 e. The average molecular weight is 182 g/mol. The van der Waals surface area contributed by atoms with Gasteiger partial charge in [0.2, 0.25) is 0 Å². The van der Waals surface area contributed by atoms with Gasteiger partial charge in [-0.1, -0.05) is 26.0 Å². The van der Waals surface area contributed by atoms with E-state index in [9.17, 15) is 5.11 Å². The molecule has 0 radical (unpaired) electrons. The summed E-state index contributed by atoms with van der Waals surface area (Å²) in [5.41, 5.74) is 0. The number of hydrogen-bond acceptors (Lipinski definition) is 1. The SMILES string of the molecule is CCC(O)[C@@H](C)CC1CC=CCC1. The predicted octanol–water partition coefficient (Wildman–Crippen LogP) is 3.14. The van der Waals surface area contributed by atoms with Gasteiger partial charge in [0.1, 0.15) is 0 Å². The Kier molecular flexibility index (Phi) is 4.51. The Hall–Kier alpha value is -0.300. The quantitative estimate of drug-likeness (QED) is 0.662. The van der Waals surface area contributed by atoms with Crippen LogP contribution in [0, 0.1) is 11.8 Å². The summed E-state index contributed by atoms with van der Waals surface area (Å²) in [4.78, 5) is 0. The molecule has 0 aliphatic heterocycles. The number of rotatable bonds is 4. The molecule has 0 amide bonds. The van der Waals surface area contributed by atoms with Crippen molar-refractivity contribution in [3.63, 3.8) is 0 Å². The maximum atomic E-state index is 9.64. The Morgan fingerprint density at radius 1 is 1.46 bits per heavy atom. The third-order valence-corrected chi connectivity index (χ3v) is 3.16. The summed E-state index contributed by atoms with van der Waals surface area (Å²) < 4.78 is 0. The van der Waals surface area contributed by atoms with Crippen molar-refractivity contribution in [2.75, 3.05) is 0 Å². The van der Waals surface area contributed by atoms with Crippen LogP contribution in [0.25, 0.3) is 0 Å². The van der Waals surface area contributed by atoms with Crippen LogP contribution in [0.15, 0.2) is 12.2 Å². The van der Waals surface area contributed by atoms with Gasteiger partial charge in [0.15, 0.2) is 0 Å². The summed E-state index contributed by atoms with van der Waals surface area (Å²) in [5, 5.41) is 9.64. The van der Waals surface area contributed by atoms with E-state index < -0.39 is 0 Å². The third kappa shape index (κ3) is 3.51. The largest absolute Gasteiger partial charge is 0.393 e. The first kappa shape index (κ1) is 10.8. The molecule has 1 heteroatoms. The fourth-order valence-corrected chi connectivity index (χ4v) is 2.16. The van der Waals surface area contributed by atoms with Crippen LogP contribution in [0.5, 0.6) is 0 Å². The van der Waals surface area contributed by atoms with Gasteiger partial charge >= 0.3 is 0 Å². The van der Waals surface area contributed by atoms with Crippen LogP contribution in [0.2, 0.25) is 0 Å². The highest BCUT2D eigenvalue weighted by Crippen LogP contribution is 2.26. The number of hydrogen-bond donors (Lipinski definition) is 1. The minimum Gasteiger partial charge on any atom is -0.393 e. The third-order valence-electron chi connectivity index (χ3n) is 3.16. The van der Waals surface area contributed by atoms with E-state index in [1.807, 2.05) is 0 Å². The molecular weight excluding hydrogens is 160 g/mol. The molecule has 1 rings (SSSR count). The average Bonchev–Trinajstić information content (AvgIpc) is 2.18. The van der Waals surface area contributed by atoms with Gasteiger partial charge < -0.3 is 5.11 Å². The Balaban J connectivity index is 2.26. The Bertz CT molecular complexity index is 163. The first-order valence-electron chi connectivity index (χ1n) is 5.57. The van der Waals surface area contributed by atoms with Crippen LogP contribution in [0.3, 0.4) is 0 Å². The first-order chi connectivity index (χ1) is 6.24. The Morgan fingerprint density at radius 3 is 2.77 bits per heavy atom. The highest BCUT2D eigenvalue weighted by molar-refractivity contribution is 4.90. The fraction of sp³-hybridized carbons (Fsp3) is 0.833. The molecular formula is C12H22O. The molecule has 2 unspecified atom stereocenters. The lowest BCUT2D eigenvalue weighted by Crippen LogP contribution is -2.20. The van der Waals surface area contributed by atoms with Gasteiger partial charge in [-0.15, -0.1) is 0 Å². The van der Waals surface area contributed by atoms with Crippen LogP contribution in [0.4, 0.5) is 0 Å². The molecule has 1 aliphatic carbocycles. The normalized spacial score (nSPS) is 27.2. The van der Waals surface area contributed by atoms with Crippen molar-refractivity contribution in [2.45, 2.75) is 52.1 Å². The van der Waals surface area contributed by atoms with Crippen molar-refractivity contribution >= 4 is 0 Å². The molecule has 1 nitrogen and oxygen atoms in total. The summed E-state index contributed by atoms with van der Waals surface area (Å²) in [5.74, 6) is 1.29. The standard InChI is InChI=1S/C12H22O/c1-3-12(13)10(2)9-11-7-5-4-6-8-11/h4-5,10-13H,3,6-9H2,1-2H3/t10-,11?,12?/m0/s1. The van der Waals surface area contributed by atoms with Gasteiger partial charge in [0.25, 0.3) is 0 Å². The molecule has 76 valence electrons. The molecule has 0 bridgehead atoms. The van der Waals surface area contributed by atoms with Crippen LogP contribution in [0.1, 0.15) is 46.0 Å². The zero-order chi connectivity index (χ0) is 9.68. The molecule has 0 fully saturated rings. The van der Waals surface area contributed by atoms with Crippen LogP contribution in [-0.4, -0.2) is 11.2 Å². The Labute approximate surface area is 81.9 Å². The molecule has 0 saturated heterocycles. The second-order valence-corrected chi connectivity index (χ2v) is 4.34. The molecule has 0 spiro atoms. The summed E-state index contributed by atoms with van der Waals surface area (Å²) in [6.07, 6.45) is 10.3. The molecule has 0 aromatic carbocycles. The minimum absolute atomic E-state index is 0.0918. The monoisotopic (exact) mass is 182 g/mol. The summed E-state index contributed by atoms with van der Waals surface area (Å²) in [7, 11) is 0. The van der Waals surface area contributed by atoms with Gasteiger partial charge in [-0.05, 0) is 43.9 Å². The smallest absolute Gasteiger partial charge is 0.0563 e. The lowest BCUT2D eigenvalue weighted by atomic mass is 9.84. The lowest BCUT2D eigenvalue weighted by Gasteiger charge is -2.24. The van der Waals surface area contributed by atoms with Crippen molar-refractivity contribution < 1.29 is 5.11 Å². The second-order valence-electron chi connectivity index (χ2n) is 4.34. The van der Waals surface area contributed by atoms with Gasteiger partial charge in [-0.2, -0.15) is 0 Å². The fourth-order valence-electron chi connectivity index (χ4n) is 2.16. The second kappa shape index (κ2) is 5.43. The van der Waals surface area contributed by atoms with Crippen molar-refractivity contribution in [3.8, 4) is 0 Å². The zero-order valence-electron chi connectivity index (χ0n) is 8.87. The number of aliphatic hydroxyl groups excluding tert-OH is 1. The van der Waals surface area contributed by atoms with Crippen molar-refractivity contribution in [1.82, 2.24) is 0 Å².